The third-order valence-electron chi connectivity index (χ3n) is 6.57. The normalized spacial score (nSPS) is 22.2. The van der Waals surface area contributed by atoms with Gasteiger partial charge in [0.15, 0.2) is 0 Å². The number of ether oxygens (including phenoxy) is 1. The summed E-state index contributed by atoms with van der Waals surface area (Å²) >= 11 is 0. The van der Waals surface area contributed by atoms with Gasteiger partial charge in [-0.15, -0.1) is 0 Å². The molecule has 1 fully saturated rings. The second-order valence-electron chi connectivity index (χ2n) is 8.72. The molecule has 2 unspecified atom stereocenters. The number of nitrogens with zero attached hydrogens (tertiary/aromatic N) is 1. The quantitative estimate of drug-likeness (QED) is 0.680. The first kappa shape index (κ1) is 22.5. The Kier molecular flexibility index (Phi) is 7.43. The Bertz CT molecular complexity index is 956. The van der Waals surface area contributed by atoms with Crippen molar-refractivity contribution in [2.75, 3.05) is 32.1 Å². The molecule has 0 bridgehead atoms. The van der Waals surface area contributed by atoms with Crippen molar-refractivity contribution in [3.05, 3.63) is 70.8 Å². The Morgan fingerprint density at radius 3 is 2.58 bits per heavy atom. The van der Waals surface area contributed by atoms with Gasteiger partial charge in [0.2, 0.25) is 10.0 Å². The van der Waals surface area contributed by atoms with Crippen LogP contribution in [0.1, 0.15) is 47.9 Å². The monoisotopic (exact) mass is 442 g/mol. The van der Waals surface area contributed by atoms with E-state index in [9.17, 15) is 8.42 Å². The average molecular weight is 443 g/mol. The highest BCUT2D eigenvalue weighted by molar-refractivity contribution is 7.89. The summed E-state index contributed by atoms with van der Waals surface area (Å²) in [6.07, 6.45) is 3.86. The van der Waals surface area contributed by atoms with Crippen molar-refractivity contribution >= 4 is 10.0 Å². The molecule has 2 atom stereocenters. The van der Waals surface area contributed by atoms with Crippen LogP contribution in [-0.2, 0) is 34.1 Å². The summed E-state index contributed by atoms with van der Waals surface area (Å²) in [6, 6.07) is 17.8. The topological polar surface area (TPSA) is 58.6 Å². The molecule has 0 aromatic heterocycles. The van der Waals surface area contributed by atoms with Gasteiger partial charge in [0.25, 0.3) is 0 Å². The molecular weight excluding hydrogens is 408 g/mol. The SMILES string of the molecule is CCCS(=O)(=O)NCc1ccc2c(c1)C(Cc1ccccc1)C(N1CCOCC1)CC2. The minimum Gasteiger partial charge on any atom is -0.379 e. The maximum absolute atomic E-state index is 12.1. The maximum atomic E-state index is 12.1. The van der Waals surface area contributed by atoms with Crippen LogP contribution in [0.25, 0.3) is 0 Å². The molecule has 0 amide bonds. The summed E-state index contributed by atoms with van der Waals surface area (Å²) in [5, 5.41) is 0. The van der Waals surface area contributed by atoms with Crippen LogP contribution in [0.4, 0.5) is 0 Å². The Morgan fingerprint density at radius 2 is 1.84 bits per heavy atom. The smallest absolute Gasteiger partial charge is 0.211 e. The Balaban J connectivity index is 1.61. The molecule has 1 heterocycles. The fourth-order valence-corrected chi connectivity index (χ4v) is 6.10. The Labute approximate surface area is 186 Å². The van der Waals surface area contributed by atoms with Crippen LogP contribution in [0.2, 0.25) is 0 Å². The van der Waals surface area contributed by atoms with Gasteiger partial charge in [-0.2, -0.15) is 0 Å². The van der Waals surface area contributed by atoms with Crippen LogP contribution in [0.3, 0.4) is 0 Å². The number of aryl methyl sites for hydroxylation is 1. The molecule has 2 aromatic carbocycles. The average Bonchev–Trinajstić information content (AvgIpc) is 2.79. The predicted octanol–water partition coefficient (Wildman–Crippen LogP) is 3.49. The van der Waals surface area contributed by atoms with Crippen LogP contribution in [-0.4, -0.2) is 51.4 Å². The summed E-state index contributed by atoms with van der Waals surface area (Å²) in [4.78, 5) is 2.61. The molecule has 6 heteroatoms. The van der Waals surface area contributed by atoms with Crippen LogP contribution < -0.4 is 4.72 Å². The zero-order valence-corrected chi connectivity index (χ0v) is 19.2. The minimum absolute atomic E-state index is 0.174. The number of nitrogens with one attached hydrogen (secondary N) is 1. The van der Waals surface area contributed by atoms with Crippen molar-refractivity contribution in [1.82, 2.24) is 9.62 Å². The van der Waals surface area contributed by atoms with E-state index in [1.165, 1.54) is 16.7 Å². The standard InChI is InChI=1S/C25H34N2O3S/c1-2-16-31(28,29)26-19-21-8-9-22-10-11-25(27-12-14-30-15-13-27)24(23(22)18-21)17-20-6-4-3-5-7-20/h3-9,18,24-26H,2,10-17,19H2,1H3. The summed E-state index contributed by atoms with van der Waals surface area (Å²) in [5.74, 6) is 0.574. The van der Waals surface area contributed by atoms with Gasteiger partial charge in [-0.25, -0.2) is 13.1 Å². The van der Waals surface area contributed by atoms with Crippen LogP contribution in [0.15, 0.2) is 48.5 Å². The van der Waals surface area contributed by atoms with Gasteiger partial charge in [-0.3, -0.25) is 4.90 Å². The molecule has 1 saturated heterocycles. The van der Waals surface area contributed by atoms with Gasteiger partial charge < -0.3 is 4.74 Å². The van der Waals surface area contributed by atoms with Gasteiger partial charge in [0.1, 0.15) is 0 Å². The molecule has 168 valence electrons. The van der Waals surface area contributed by atoms with E-state index in [1.807, 2.05) is 6.92 Å². The number of rotatable bonds is 8. The number of morpholine rings is 1. The highest BCUT2D eigenvalue weighted by Gasteiger charge is 2.34. The number of fused-ring (bicyclic) bond motifs is 1. The van der Waals surface area contributed by atoms with Gasteiger partial charge in [0, 0.05) is 31.6 Å². The molecule has 1 aliphatic heterocycles. The molecule has 4 rings (SSSR count). The molecule has 5 nitrogen and oxygen atoms in total. The van der Waals surface area contributed by atoms with E-state index in [-0.39, 0.29) is 5.75 Å². The fourth-order valence-electron chi connectivity index (χ4n) is 5.03. The number of hydrogen-bond donors (Lipinski definition) is 1. The van der Waals surface area contributed by atoms with E-state index in [1.54, 1.807) is 0 Å². The third kappa shape index (κ3) is 5.75. The van der Waals surface area contributed by atoms with E-state index in [0.717, 1.165) is 51.1 Å². The lowest BCUT2D eigenvalue weighted by Crippen LogP contribution is -2.48. The van der Waals surface area contributed by atoms with Gasteiger partial charge in [-0.1, -0.05) is 55.5 Å². The zero-order chi connectivity index (χ0) is 21.7. The molecule has 0 saturated carbocycles. The van der Waals surface area contributed by atoms with Crippen molar-refractivity contribution in [2.45, 2.75) is 51.1 Å². The highest BCUT2D eigenvalue weighted by atomic mass is 32.2. The summed E-state index contributed by atoms with van der Waals surface area (Å²) in [5.41, 5.74) is 5.19. The summed E-state index contributed by atoms with van der Waals surface area (Å²) in [7, 11) is -3.21. The first-order valence-electron chi connectivity index (χ1n) is 11.5. The summed E-state index contributed by atoms with van der Waals surface area (Å²) in [6.45, 7) is 5.83. The van der Waals surface area contributed by atoms with E-state index >= 15 is 0 Å². The lowest BCUT2D eigenvalue weighted by molar-refractivity contribution is 0.00683. The third-order valence-corrected chi connectivity index (χ3v) is 8.10. The van der Waals surface area contributed by atoms with Crippen molar-refractivity contribution in [3.63, 3.8) is 0 Å². The Morgan fingerprint density at radius 1 is 1.06 bits per heavy atom. The lowest BCUT2D eigenvalue weighted by Gasteiger charge is -2.43. The van der Waals surface area contributed by atoms with E-state index in [4.69, 9.17) is 4.74 Å². The summed E-state index contributed by atoms with van der Waals surface area (Å²) < 4.78 is 32.6. The highest BCUT2D eigenvalue weighted by Crippen LogP contribution is 2.38. The lowest BCUT2D eigenvalue weighted by atomic mass is 9.75. The molecule has 0 radical (unpaired) electrons. The molecule has 31 heavy (non-hydrogen) atoms. The van der Waals surface area contributed by atoms with E-state index in [2.05, 4.69) is 58.2 Å². The van der Waals surface area contributed by atoms with Crippen LogP contribution in [0.5, 0.6) is 0 Å². The van der Waals surface area contributed by atoms with Crippen molar-refractivity contribution in [1.29, 1.82) is 0 Å². The van der Waals surface area contributed by atoms with Crippen molar-refractivity contribution in [3.8, 4) is 0 Å². The van der Waals surface area contributed by atoms with Gasteiger partial charge in [-0.05, 0) is 47.9 Å². The molecule has 0 spiro atoms. The van der Waals surface area contributed by atoms with Crippen LogP contribution in [0, 0.1) is 0 Å². The van der Waals surface area contributed by atoms with Gasteiger partial charge >= 0.3 is 0 Å². The zero-order valence-electron chi connectivity index (χ0n) is 18.4. The van der Waals surface area contributed by atoms with Gasteiger partial charge in [0.05, 0.1) is 19.0 Å². The second-order valence-corrected chi connectivity index (χ2v) is 10.7. The molecule has 2 aromatic rings. The number of hydrogen-bond acceptors (Lipinski definition) is 4. The van der Waals surface area contributed by atoms with E-state index in [0.29, 0.717) is 24.9 Å². The predicted molar refractivity (Wildman–Crippen MR) is 125 cm³/mol. The molecular formula is C25H34N2O3S. The molecule has 1 N–H and O–H groups in total. The van der Waals surface area contributed by atoms with E-state index < -0.39 is 10.0 Å². The number of benzene rings is 2. The van der Waals surface area contributed by atoms with Crippen LogP contribution >= 0.6 is 0 Å². The number of sulfonamides is 1. The molecule has 2 aliphatic rings. The Hall–Kier alpha value is -1.73. The second kappa shape index (κ2) is 10.3. The van der Waals surface area contributed by atoms with Crippen molar-refractivity contribution in [2.24, 2.45) is 0 Å². The first-order valence-corrected chi connectivity index (χ1v) is 13.2. The fraction of sp³-hybridized carbons (Fsp3) is 0.520. The maximum Gasteiger partial charge on any atom is 0.211 e. The first-order chi connectivity index (χ1) is 15.1. The molecule has 1 aliphatic carbocycles. The largest absolute Gasteiger partial charge is 0.379 e. The van der Waals surface area contributed by atoms with Crippen molar-refractivity contribution < 1.29 is 13.2 Å². The minimum atomic E-state index is -3.21.